The van der Waals surface area contributed by atoms with Crippen molar-refractivity contribution in [2.24, 2.45) is 0 Å². The monoisotopic (exact) mass is 460 g/mol. The lowest BCUT2D eigenvalue weighted by Crippen LogP contribution is -2.41. The smallest absolute Gasteiger partial charge is 0.305 e. The normalized spacial score (nSPS) is 10.8. The van der Waals surface area contributed by atoms with Gasteiger partial charge < -0.3 is 18.9 Å². The zero-order valence-electron chi connectivity index (χ0n) is 20.1. The van der Waals surface area contributed by atoms with Gasteiger partial charge in [-0.2, -0.15) is 0 Å². The molecule has 0 aliphatic rings. The predicted octanol–water partition coefficient (Wildman–Crippen LogP) is 1.40. The molecular formula is C22H40N2O8. The molecule has 0 radical (unpaired) electrons. The highest BCUT2D eigenvalue weighted by Gasteiger charge is 2.13. The highest BCUT2D eigenvalue weighted by Crippen LogP contribution is 1.98. The Labute approximate surface area is 191 Å². The highest BCUT2D eigenvalue weighted by atomic mass is 16.5. The number of carbonyl (C=O) groups is 4. The zero-order chi connectivity index (χ0) is 24.2. The molecule has 10 heteroatoms. The molecule has 0 amide bonds. The predicted molar refractivity (Wildman–Crippen MR) is 118 cm³/mol. The standard InChI is InChI=1S/C22H40N2O8/c1-5-19(25)29-15-11-23(12-16-30-20(26)6-2)9-10-24(13-17-31-21(27)7-3)14-18-32-22(28)8-4/h5-18H2,1-4H3. The number of hydrogen-bond acceptors (Lipinski definition) is 10. The Bertz CT molecular complexity index is 464. The van der Waals surface area contributed by atoms with Crippen LogP contribution in [0.25, 0.3) is 0 Å². The van der Waals surface area contributed by atoms with E-state index < -0.39 is 0 Å². The molecule has 0 aliphatic heterocycles. The molecule has 0 aromatic heterocycles. The van der Waals surface area contributed by atoms with Gasteiger partial charge in [0.05, 0.1) is 0 Å². The van der Waals surface area contributed by atoms with Crippen LogP contribution in [0.1, 0.15) is 53.4 Å². The molecule has 0 saturated heterocycles. The fraction of sp³-hybridized carbons (Fsp3) is 0.818. The van der Waals surface area contributed by atoms with E-state index in [0.717, 1.165) is 0 Å². The maximum Gasteiger partial charge on any atom is 0.305 e. The Morgan fingerprint density at radius 1 is 0.438 bits per heavy atom. The first-order chi connectivity index (χ1) is 15.4. The summed E-state index contributed by atoms with van der Waals surface area (Å²) in [4.78, 5) is 49.7. The van der Waals surface area contributed by atoms with Gasteiger partial charge in [0.1, 0.15) is 26.4 Å². The van der Waals surface area contributed by atoms with E-state index in [1.54, 1.807) is 27.7 Å². The van der Waals surface area contributed by atoms with Gasteiger partial charge >= 0.3 is 23.9 Å². The van der Waals surface area contributed by atoms with Gasteiger partial charge in [-0.25, -0.2) is 0 Å². The number of ether oxygens (including phenoxy) is 4. The van der Waals surface area contributed by atoms with E-state index >= 15 is 0 Å². The molecule has 0 bridgehead atoms. The molecular weight excluding hydrogens is 420 g/mol. The van der Waals surface area contributed by atoms with Crippen molar-refractivity contribution in [3.63, 3.8) is 0 Å². The lowest BCUT2D eigenvalue weighted by atomic mass is 10.4. The van der Waals surface area contributed by atoms with Gasteiger partial charge in [0.15, 0.2) is 0 Å². The fourth-order valence-electron chi connectivity index (χ4n) is 2.52. The van der Waals surface area contributed by atoms with Gasteiger partial charge in [-0.3, -0.25) is 29.0 Å². The minimum Gasteiger partial charge on any atom is -0.464 e. The summed E-state index contributed by atoms with van der Waals surface area (Å²) in [6, 6.07) is 0. The average molecular weight is 461 g/mol. The summed E-state index contributed by atoms with van der Waals surface area (Å²) >= 11 is 0. The third-order valence-electron chi connectivity index (χ3n) is 4.57. The first-order valence-corrected chi connectivity index (χ1v) is 11.4. The topological polar surface area (TPSA) is 112 Å². The lowest BCUT2D eigenvalue weighted by molar-refractivity contribution is -0.146. The van der Waals surface area contributed by atoms with Crippen LogP contribution >= 0.6 is 0 Å². The van der Waals surface area contributed by atoms with Crippen LogP contribution in [-0.4, -0.2) is 99.4 Å². The van der Waals surface area contributed by atoms with Gasteiger partial charge in [0.25, 0.3) is 0 Å². The van der Waals surface area contributed by atoms with Crippen LogP contribution in [0.15, 0.2) is 0 Å². The van der Waals surface area contributed by atoms with Crippen molar-refractivity contribution in [1.82, 2.24) is 9.80 Å². The van der Waals surface area contributed by atoms with Gasteiger partial charge in [0, 0.05) is 65.0 Å². The summed E-state index contributed by atoms with van der Waals surface area (Å²) < 4.78 is 20.7. The summed E-state index contributed by atoms with van der Waals surface area (Å²) in [5, 5.41) is 0. The quantitative estimate of drug-likeness (QED) is 0.207. The second kappa shape index (κ2) is 19.5. The Morgan fingerprint density at radius 2 is 0.656 bits per heavy atom. The van der Waals surface area contributed by atoms with E-state index in [1.165, 1.54) is 0 Å². The van der Waals surface area contributed by atoms with Gasteiger partial charge in [0.2, 0.25) is 0 Å². The molecule has 186 valence electrons. The lowest BCUT2D eigenvalue weighted by Gasteiger charge is -2.27. The molecule has 0 aromatic rings. The molecule has 0 rings (SSSR count). The van der Waals surface area contributed by atoms with E-state index in [-0.39, 0.29) is 50.3 Å². The first-order valence-electron chi connectivity index (χ1n) is 11.4. The van der Waals surface area contributed by atoms with Crippen molar-refractivity contribution in [2.45, 2.75) is 53.4 Å². The molecule has 0 unspecified atom stereocenters. The van der Waals surface area contributed by atoms with Gasteiger partial charge in [-0.1, -0.05) is 27.7 Å². The van der Waals surface area contributed by atoms with Crippen LogP contribution in [0.3, 0.4) is 0 Å². The van der Waals surface area contributed by atoms with Crippen molar-refractivity contribution in [1.29, 1.82) is 0 Å². The molecule has 0 heterocycles. The van der Waals surface area contributed by atoms with E-state index in [0.29, 0.717) is 65.0 Å². The SMILES string of the molecule is CCC(=O)OCCN(CCOC(=O)CC)CCN(CCOC(=O)CC)CCOC(=O)CC. The first kappa shape index (κ1) is 29.8. The van der Waals surface area contributed by atoms with E-state index in [1.807, 2.05) is 9.80 Å². The molecule has 0 aromatic carbocycles. The second-order valence-electron chi connectivity index (χ2n) is 6.98. The Kier molecular flexibility index (Phi) is 18.1. The van der Waals surface area contributed by atoms with Crippen LogP contribution in [0.4, 0.5) is 0 Å². The van der Waals surface area contributed by atoms with Gasteiger partial charge in [-0.15, -0.1) is 0 Å². The molecule has 0 aliphatic carbocycles. The minimum absolute atomic E-state index is 0.247. The molecule has 32 heavy (non-hydrogen) atoms. The second-order valence-corrected chi connectivity index (χ2v) is 6.98. The summed E-state index contributed by atoms with van der Waals surface area (Å²) in [6.07, 6.45) is 1.26. The maximum atomic E-state index is 11.4. The molecule has 0 atom stereocenters. The summed E-state index contributed by atoms with van der Waals surface area (Å²) in [6.45, 7) is 11.1. The third-order valence-corrected chi connectivity index (χ3v) is 4.57. The third kappa shape index (κ3) is 16.5. The fourth-order valence-corrected chi connectivity index (χ4v) is 2.52. The molecule has 0 fully saturated rings. The summed E-state index contributed by atoms with van der Waals surface area (Å²) in [5.41, 5.74) is 0. The minimum atomic E-state index is -0.264. The molecule has 0 saturated carbocycles. The Hall–Kier alpha value is -2.20. The van der Waals surface area contributed by atoms with Crippen molar-refractivity contribution >= 4 is 23.9 Å². The highest BCUT2D eigenvalue weighted by molar-refractivity contribution is 5.69. The Balaban J connectivity index is 4.75. The van der Waals surface area contributed by atoms with E-state index in [2.05, 4.69) is 0 Å². The molecule has 10 nitrogen and oxygen atoms in total. The van der Waals surface area contributed by atoms with E-state index in [4.69, 9.17) is 18.9 Å². The van der Waals surface area contributed by atoms with Crippen molar-refractivity contribution in [2.75, 3.05) is 65.7 Å². The van der Waals surface area contributed by atoms with Gasteiger partial charge in [-0.05, 0) is 0 Å². The molecule has 0 N–H and O–H groups in total. The number of esters is 4. The number of hydrogen-bond donors (Lipinski definition) is 0. The van der Waals surface area contributed by atoms with Crippen LogP contribution < -0.4 is 0 Å². The van der Waals surface area contributed by atoms with Crippen molar-refractivity contribution in [3.05, 3.63) is 0 Å². The average Bonchev–Trinajstić information content (AvgIpc) is 2.80. The summed E-state index contributed by atoms with van der Waals surface area (Å²) in [5.74, 6) is -1.06. The number of nitrogens with zero attached hydrogens (tertiary/aromatic N) is 2. The van der Waals surface area contributed by atoms with Crippen LogP contribution in [0.2, 0.25) is 0 Å². The maximum absolute atomic E-state index is 11.4. The molecule has 0 spiro atoms. The Morgan fingerprint density at radius 3 is 0.844 bits per heavy atom. The van der Waals surface area contributed by atoms with Crippen molar-refractivity contribution < 1.29 is 38.1 Å². The summed E-state index contributed by atoms with van der Waals surface area (Å²) in [7, 11) is 0. The van der Waals surface area contributed by atoms with E-state index in [9.17, 15) is 19.2 Å². The number of carbonyl (C=O) groups excluding carboxylic acids is 4. The number of rotatable bonds is 19. The van der Waals surface area contributed by atoms with Crippen LogP contribution in [-0.2, 0) is 38.1 Å². The van der Waals surface area contributed by atoms with Crippen LogP contribution in [0.5, 0.6) is 0 Å². The van der Waals surface area contributed by atoms with Crippen LogP contribution in [0, 0.1) is 0 Å². The van der Waals surface area contributed by atoms with Crippen molar-refractivity contribution in [3.8, 4) is 0 Å². The largest absolute Gasteiger partial charge is 0.464 e. The zero-order valence-corrected chi connectivity index (χ0v) is 20.1.